The SMILES string of the molecule is C[C@]12C=C[C@H]3[C@@H](CC=C4CCCC[C@@H]43)[C@@H]1CCC2. The normalized spacial score (nSPS) is 50.2. The fraction of sp³-hybridized carbons (Fsp3) is 0.778. The van der Waals surface area contributed by atoms with Crippen molar-refractivity contribution in [2.75, 3.05) is 0 Å². The smallest absolute Gasteiger partial charge is 0.0115 e. The van der Waals surface area contributed by atoms with E-state index in [-0.39, 0.29) is 0 Å². The Morgan fingerprint density at radius 3 is 3.06 bits per heavy atom. The molecule has 0 radical (unpaired) electrons. The maximum absolute atomic E-state index is 2.66. The van der Waals surface area contributed by atoms with Gasteiger partial charge in [0.2, 0.25) is 0 Å². The first-order chi connectivity index (χ1) is 8.78. The van der Waals surface area contributed by atoms with Crippen LogP contribution in [0.4, 0.5) is 0 Å². The zero-order chi connectivity index (χ0) is 12.2. The van der Waals surface area contributed by atoms with E-state index in [1.54, 1.807) is 0 Å². The molecule has 0 aromatic rings. The van der Waals surface area contributed by atoms with Crippen LogP contribution >= 0.6 is 0 Å². The van der Waals surface area contributed by atoms with Crippen molar-refractivity contribution in [1.82, 2.24) is 0 Å². The molecule has 0 aromatic heterocycles. The highest BCUT2D eigenvalue weighted by atomic mass is 14.5. The lowest BCUT2D eigenvalue weighted by Crippen LogP contribution is -2.40. The van der Waals surface area contributed by atoms with Crippen molar-refractivity contribution in [2.45, 2.75) is 58.3 Å². The third kappa shape index (κ3) is 1.50. The number of hydrogen-bond donors (Lipinski definition) is 0. The summed E-state index contributed by atoms with van der Waals surface area (Å²) < 4.78 is 0. The van der Waals surface area contributed by atoms with Crippen LogP contribution in [0.25, 0.3) is 0 Å². The van der Waals surface area contributed by atoms with Crippen molar-refractivity contribution < 1.29 is 0 Å². The summed E-state index contributed by atoms with van der Waals surface area (Å²) in [5.41, 5.74) is 2.38. The van der Waals surface area contributed by atoms with Gasteiger partial charge in [0.25, 0.3) is 0 Å². The molecule has 0 heterocycles. The van der Waals surface area contributed by atoms with Crippen molar-refractivity contribution in [3.8, 4) is 0 Å². The van der Waals surface area contributed by atoms with Gasteiger partial charge < -0.3 is 0 Å². The Hall–Kier alpha value is -0.520. The molecule has 0 aromatic carbocycles. The van der Waals surface area contributed by atoms with Gasteiger partial charge in [0, 0.05) is 0 Å². The predicted octanol–water partition coefficient (Wildman–Crippen LogP) is 5.12. The third-order valence-electron chi connectivity index (χ3n) is 6.61. The van der Waals surface area contributed by atoms with E-state index in [0.717, 1.165) is 23.7 Å². The molecule has 0 N–H and O–H groups in total. The molecule has 0 amide bonds. The van der Waals surface area contributed by atoms with Gasteiger partial charge in [0.05, 0.1) is 0 Å². The molecule has 0 heteroatoms. The molecular formula is C18H26. The van der Waals surface area contributed by atoms with Gasteiger partial charge in [0.15, 0.2) is 0 Å². The summed E-state index contributed by atoms with van der Waals surface area (Å²) in [5, 5.41) is 0. The Morgan fingerprint density at radius 2 is 2.11 bits per heavy atom. The Morgan fingerprint density at radius 1 is 1.17 bits per heavy atom. The highest BCUT2D eigenvalue weighted by molar-refractivity contribution is 5.24. The lowest BCUT2D eigenvalue weighted by atomic mass is 9.56. The Labute approximate surface area is 112 Å². The molecule has 4 rings (SSSR count). The summed E-state index contributed by atoms with van der Waals surface area (Å²) in [6.07, 6.45) is 19.5. The van der Waals surface area contributed by atoms with Gasteiger partial charge >= 0.3 is 0 Å². The van der Waals surface area contributed by atoms with Gasteiger partial charge in [-0.1, -0.05) is 43.6 Å². The third-order valence-corrected chi connectivity index (χ3v) is 6.61. The van der Waals surface area contributed by atoms with E-state index in [2.05, 4.69) is 25.2 Å². The molecule has 2 saturated carbocycles. The Balaban J connectivity index is 1.69. The summed E-state index contributed by atoms with van der Waals surface area (Å²) in [6.45, 7) is 2.53. The van der Waals surface area contributed by atoms with E-state index in [4.69, 9.17) is 0 Å². The van der Waals surface area contributed by atoms with Gasteiger partial charge in [-0.15, -0.1) is 0 Å². The van der Waals surface area contributed by atoms with Crippen LogP contribution < -0.4 is 0 Å². The molecule has 0 bridgehead atoms. The van der Waals surface area contributed by atoms with E-state index < -0.39 is 0 Å². The van der Waals surface area contributed by atoms with E-state index in [0.29, 0.717) is 5.41 Å². The minimum Gasteiger partial charge on any atom is -0.0847 e. The molecule has 0 aliphatic heterocycles. The van der Waals surface area contributed by atoms with Crippen LogP contribution in [-0.2, 0) is 0 Å². The Kier molecular flexibility index (Phi) is 2.51. The largest absolute Gasteiger partial charge is 0.0847 e. The summed E-state index contributed by atoms with van der Waals surface area (Å²) in [4.78, 5) is 0. The fourth-order valence-electron chi connectivity index (χ4n) is 5.67. The molecule has 18 heavy (non-hydrogen) atoms. The summed E-state index contributed by atoms with van der Waals surface area (Å²) in [6, 6.07) is 0. The van der Waals surface area contributed by atoms with Crippen LogP contribution in [0.1, 0.15) is 58.3 Å². The minimum atomic E-state index is 0.557. The average Bonchev–Trinajstić information content (AvgIpc) is 2.80. The molecule has 0 unspecified atom stereocenters. The van der Waals surface area contributed by atoms with Crippen molar-refractivity contribution in [2.24, 2.45) is 29.1 Å². The zero-order valence-corrected chi connectivity index (χ0v) is 11.7. The number of hydrogen-bond acceptors (Lipinski definition) is 0. The second kappa shape index (κ2) is 3.99. The van der Waals surface area contributed by atoms with Crippen molar-refractivity contribution in [3.63, 3.8) is 0 Å². The maximum Gasteiger partial charge on any atom is -0.0115 e. The summed E-state index contributed by atoms with van der Waals surface area (Å²) >= 11 is 0. The van der Waals surface area contributed by atoms with E-state index in [9.17, 15) is 0 Å². The highest BCUT2D eigenvalue weighted by Crippen LogP contribution is 2.58. The molecule has 5 atom stereocenters. The minimum absolute atomic E-state index is 0.557. The maximum atomic E-state index is 2.66. The fourth-order valence-corrected chi connectivity index (χ4v) is 5.67. The van der Waals surface area contributed by atoms with Crippen molar-refractivity contribution in [3.05, 3.63) is 23.8 Å². The monoisotopic (exact) mass is 242 g/mol. The second-order valence-electron chi connectivity index (χ2n) is 7.47. The van der Waals surface area contributed by atoms with E-state index >= 15 is 0 Å². The molecule has 0 nitrogen and oxygen atoms in total. The number of allylic oxidation sites excluding steroid dienone is 4. The van der Waals surface area contributed by atoms with E-state index in [1.165, 1.54) is 51.4 Å². The summed E-state index contributed by atoms with van der Waals surface area (Å²) in [5.74, 6) is 3.81. The van der Waals surface area contributed by atoms with Gasteiger partial charge in [-0.3, -0.25) is 0 Å². The molecule has 98 valence electrons. The highest BCUT2D eigenvalue weighted by Gasteiger charge is 2.48. The van der Waals surface area contributed by atoms with Crippen LogP contribution in [0.3, 0.4) is 0 Å². The van der Waals surface area contributed by atoms with Gasteiger partial charge in [-0.25, -0.2) is 0 Å². The lowest BCUT2D eigenvalue weighted by Gasteiger charge is -2.48. The molecule has 0 saturated heterocycles. The molecule has 4 aliphatic rings. The molecular weight excluding hydrogens is 216 g/mol. The predicted molar refractivity (Wildman–Crippen MR) is 76.2 cm³/mol. The molecule has 0 spiro atoms. The first kappa shape index (κ1) is 11.3. The van der Waals surface area contributed by atoms with Crippen molar-refractivity contribution in [1.29, 1.82) is 0 Å². The standard InChI is InChI=1S/C18H26/c1-18-11-4-7-17(18)16-9-8-13-5-2-3-6-14(13)15(16)10-12-18/h8,10,12,14-17H,2-7,9,11H2,1H3/t14-,15+,16+,17-,18-/m0/s1. The van der Waals surface area contributed by atoms with Crippen LogP contribution in [0.2, 0.25) is 0 Å². The number of rotatable bonds is 0. The van der Waals surface area contributed by atoms with E-state index in [1.807, 2.05) is 5.57 Å². The van der Waals surface area contributed by atoms with Crippen LogP contribution in [0, 0.1) is 29.1 Å². The summed E-state index contributed by atoms with van der Waals surface area (Å²) in [7, 11) is 0. The molecule has 2 fully saturated rings. The Bertz CT molecular complexity index is 402. The first-order valence-electron chi connectivity index (χ1n) is 8.16. The second-order valence-corrected chi connectivity index (χ2v) is 7.47. The lowest BCUT2D eigenvalue weighted by molar-refractivity contribution is 0.108. The zero-order valence-electron chi connectivity index (χ0n) is 11.7. The topological polar surface area (TPSA) is 0 Å². The van der Waals surface area contributed by atoms with Gasteiger partial charge in [-0.05, 0) is 67.6 Å². The van der Waals surface area contributed by atoms with Crippen LogP contribution in [0.5, 0.6) is 0 Å². The quantitative estimate of drug-likeness (QED) is 0.517. The van der Waals surface area contributed by atoms with Crippen LogP contribution in [0.15, 0.2) is 23.8 Å². The van der Waals surface area contributed by atoms with Crippen molar-refractivity contribution >= 4 is 0 Å². The number of fused-ring (bicyclic) bond motifs is 5. The first-order valence-corrected chi connectivity index (χ1v) is 8.16. The van der Waals surface area contributed by atoms with Gasteiger partial charge in [-0.2, -0.15) is 0 Å². The van der Waals surface area contributed by atoms with Gasteiger partial charge in [0.1, 0.15) is 0 Å². The van der Waals surface area contributed by atoms with Crippen LogP contribution in [-0.4, -0.2) is 0 Å². The molecule has 4 aliphatic carbocycles. The average molecular weight is 242 g/mol.